The fourth-order valence-corrected chi connectivity index (χ4v) is 3.79. The number of ether oxygens (including phenoxy) is 2. The molecule has 1 aliphatic rings. The molecular weight excluding hydrogens is 408 g/mol. The van der Waals surface area contributed by atoms with Crippen LogP contribution in [-0.2, 0) is 17.8 Å². The Bertz CT molecular complexity index is 1010. The molecule has 2 aromatic carbocycles. The van der Waals surface area contributed by atoms with E-state index in [-0.39, 0.29) is 5.91 Å². The maximum absolute atomic E-state index is 12.6. The number of aromatic nitrogens is 4. The molecule has 1 aromatic heterocycles. The third-order valence-electron chi connectivity index (χ3n) is 5.73. The Balaban J connectivity index is 1.27. The number of hydrogen-bond acceptors (Lipinski definition) is 7. The minimum atomic E-state index is 0.198. The number of rotatable bonds is 8. The topological polar surface area (TPSA) is 85.6 Å². The first-order valence-corrected chi connectivity index (χ1v) is 10.7. The smallest absolute Gasteiger partial charge is 0.222 e. The molecule has 2 heterocycles. The van der Waals surface area contributed by atoms with Crippen molar-refractivity contribution < 1.29 is 14.3 Å². The lowest BCUT2D eigenvalue weighted by atomic mass is 10.1. The molecule has 0 atom stereocenters. The molecule has 0 N–H and O–H groups in total. The molecule has 0 bridgehead atoms. The van der Waals surface area contributed by atoms with Crippen LogP contribution in [0.1, 0.15) is 17.8 Å². The number of benzene rings is 2. The lowest BCUT2D eigenvalue weighted by Gasteiger charge is -2.34. The zero-order valence-corrected chi connectivity index (χ0v) is 18.5. The van der Waals surface area contributed by atoms with Gasteiger partial charge in [-0.25, -0.2) is 0 Å². The van der Waals surface area contributed by atoms with Gasteiger partial charge < -0.3 is 14.4 Å². The number of carbonyl (C=O) groups excluding carboxylic acids is 1. The third kappa shape index (κ3) is 5.23. The summed E-state index contributed by atoms with van der Waals surface area (Å²) in [5.41, 5.74) is 2.03. The number of carbonyl (C=O) groups is 1. The van der Waals surface area contributed by atoms with Gasteiger partial charge in [-0.3, -0.25) is 9.69 Å². The van der Waals surface area contributed by atoms with E-state index in [1.54, 1.807) is 18.9 Å². The molecule has 9 heteroatoms. The maximum Gasteiger partial charge on any atom is 0.222 e. The van der Waals surface area contributed by atoms with E-state index in [9.17, 15) is 4.79 Å². The molecule has 0 aliphatic carbocycles. The van der Waals surface area contributed by atoms with Crippen LogP contribution in [-0.4, -0.2) is 76.3 Å². The van der Waals surface area contributed by atoms with Crippen molar-refractivity contribution >= 4 is 5.91 Å². The second-order valence-corrected chi connectivity index (χ2v) is 7.71. The molecule has 1 saturated heterocycles. The quantitative estimate of drug-likeness (QED) is 0.534. The van der Waals surface area contributed by atoms with Crippen molar-refractivity contribution in [2.75, 3.05) is 40.4 Å². The average Bonchev–Trinajstić information content (AvgIpc) is 3.31. The van der Waals surface area contributed by atoms with E-state index < -0.39 is 0 Å². The zero-order chi connectivity index (χ0) is 22.3. The Morgan fingerprint density at radius 3 is 2.16 bits per heavy atom. The Morgan fingerprint density at radius 2 is 1.53 bits per heavy atom. The Hall–Kier alpha value is -3.46. The van der Waals surface area contributed by atoms with Crippen LogP contribution in [0.15, 0.2) is 48.5 Å². The molecule has 32 heavy (non-hydrogen) atoms. The lowest BCUT2D eigenvalue weighted by molar-refractivity contribution is -0.133. The van der Waals surface area contributed by atoms with E-state index in [4.69, 9.17) is 9.47 Å². The summed E-state index contributed by atoms with van der Waals surface area (Å²) in [6.45, 7) is 3.65. The van der Waals surface area contributed by atoms with Crippen LogP contribution in [0.5, 0.6) is 11.5 Å². The van der Waals surface area contributed by atoms with Crippen LogP contribution in [0.4, 0.5) is 0 Å². The number of methoxy groups -OCH3 is 2. The van der Waals surface area contributed by atoms with Gasteiger partial charge in [-0.15, -0.1) is 5.10 Å². The first kappa shape index (κ1) is 21.8. The van der Waals surface area contributed by atoms with Crippen molar-refractivity contribution in [2.45, 2.75) is 19.4 Å². The summed E-state index contributed by atoms with van der Waals surface area (Å²) in [6, 6.07) is 15.5. The number of aryl methyl sites for hydroxylation is 1. The predicted octanol–water partition coefficient (Wildman–Crippen LogP) is 1.96. The molecular formula is C23H28N6O3. The van der Waals surface area contributed by atoms with Gasteiger partial charge in [-0.1, -0.05) is 12.1 Å². The monoisotopic (exact) mass is 436 g/mol. The van der Waals surface area contributed by atoms with E-state index in [1.807, 2.05) is 53.4 Å². The highest BCUT2D eigenvalue weighted by Gasteiger charge is 2.22. The summed E-state index contributed by atoms with van der Waals surface area (Å²) < 4.78 is 12.1. The summed E-state index contributed by atoms with van der Waals surface area (Å²) in [7, 11) is 3.29. The van der Waals surface area contributed by atoms with Crippen molar-refractivity contribution in [1.29, 1.82) is 0 Å². The normalized spacial score (nSPS) is 14.4. The molecule has 1 amide bonds. The number of piperazine rings is 1. The van der Waals surface area contributed by atoms with Gasteiger partial charge in [0, 0.05) is 32.6 Å². The average molecular weight is 437 g/mol. The summed E-state index contributed by atoms with van der Waals surface area (Å²) in [5.74, 6) is 2.59. The zero-order valence-electron chi connectivity index (χ0n) is 18.5. The van der Waals surface area contributed by atoms with Gasteiger partial charge in [0.2, 0.25) is 5.91 Å². The fourth-order valence-electron chi connectivity index (χ4n) is 3.79. The van der Waals surface area contributed by atoms with E-state index in [2.05, 4.69) is 20.4 Å². The van der Waals surface area contributed by atoms with Gasteiger partial charge >= 0.3 is 0 Å². The highest BCUT2D eigenvalue weighted by molar-refractivity contribution is 5.76. The Kier molecular flexibility index (Phi) is 6.96. The molecule has 0 radical (unpaired) electrons. The van der Waals surface area contributed by atoms with E-state index in [1.165, 1.54) is 0 Å². The van der Waals surface area contributed by atoms with Gasteiger partial charge in [-0.2, -0.15) is 4.68 Å². The minimum Gasteiger partial charge on any atom is -0.497 e. The van der Waals surface area contributed by atoms with Crippen molar-refractivity contribution in [1.82, 2.24) is 30.0 Å². The number of amides is 1. The molecule has 1 fully saturated rings. The second-order valence-electron chi connectivity index (χ2n) is 7.71. The number of nitrogens with zero attached hydrogens (tertiary/aromatic N) is 6. The van der Waals surface area contributed by atoms with Gasteiger partial charge in [0.05, 0.1) is 26.5 Å². The summed E-state index contributed by atoms with van der Waals surface area (Å²) in [6.07, 6.45) is 1.25. The van der Waals surface area contributed by atoms with Crippen molar-refractivity contribution in [3.05, 3.63) is 59.9 Å². The molecule has 3 aromatic rings. The SMILES string of the molecule is COc1ccc(CCC(=O)N2CCN(Cc3nnnn3-c3ccc(OC)cc3)CC2)cc1. The maximum atomic E-state index is 12.6. The van der Waals surface area contributed by atoms with Crippen LogP contribution in [0.3, 0.4) is 0 Å². The van der Waals surface area contributed by atoms with Gasteiger partial charge in [-0.05, 0) is 58.8 Å². The molecule has 0 spiro atoms. The summed E-state index contributed by atoms with van der Waals surface area (Å²) in [5, 5.41) is 12.2. The molecule has 0 unspecified atom stereocenters. The highest BCUT2D eigenvalue weighted by atomic mass is 16.5. The predicted molar refractivity (Wildman–Crippen MR) is 119 cm³/mol. The Morgan fingerprint density at radius 1 is 0.906 bits per heavy atom. The first-order chi connectivity index (χ1) is 15.7. The van der Waals surface area contributed by atoms with Crippen LogP contribution in [0, 0.1) is 0 Å². The van der Waals surface area contributed by atoms with Crippen LogP contribution >= 0.6 is 0 Å². The van der Waals surface area contributed by atoms with E-state index >= 15 is 0 Å². The van der Waals surface area contributed by atoms with Crippen LogP contribution < -0.4 is 9.47 Å². The largest absolute Gasteiger partial charge is 0.497 e. The summed E-state index contributed by atoms with van der Waals surface area (Å²) in [4.78, 5) is 16.9. The molecule has 0 saturated carbocycles. The number of hydrogen-bond donors (Lipinski definition) is 0. The van der Waals surface area contributed by atoms with Gasteiger partial charge in [0.1, 0.15) is 11.5 Å². The standard InChI is InChI=1S/C23H28N6O3/c1-31-20-8-3-18(4-9-20)5-12-23(30)28-15-13-27(14-16-28)17-22-24-25-26-29(22)19-6-10-21(32-2)11-7-19/h3-4,6-11H,5,12-17H2,1-2H3. The fraction of sp³-hybridized carbons (Fsp3) is 0.391. The highest BCUT2D eigenvalue weighted by Crippen LogP contribution is 2.17. The van der Waals surface area contributed by atoms with Crippen molar-refractivity contribution in [3.63, 3.8) is 0 Å². The second kappa shape index (κ2) is 10.2. The molecule has 168 valence electrons. The van der Waals surface area contributed by atoms with Crippen LogP contribution in [0.2, 0.25) is 0 Å². The molecule has 9 nitrogen and oxygen atoms in total. The van der Waals surface area contributed by atoms with Gasteiger partial charge in [0.25, 0.3) is 0 Å². The molecule has 1 aliphatic heterocycles. The van der Waals surface area contributed by atoms with E-state index in [0.29, 0.717) is 26.1 Å². The number of tetrazole rings is 1. The first-order valence-electron chi connectivity index (χ1n) is 10.7. The van der Waals surface area contributed by atoms with Crippen LogP contribution in [0.25, 0.3) is 5.69 Å². The van der Waals surface area contributed by atoms with Gasteiger partial charge in [0.15, 0.2) is 5.82 Å². The summed E-state index contributed by atoms with van der Waals surface area (Å²) >= 11 is 0. The Labute approximate surface area is 187 Å². The van der Waals surface area contributed by atoms with Crippen molar-refractivity contribution in [3.8, 4) is 17.2 Å². The minimum absolute atomic E-state index is 0.198. The lowest BCUT2D eigenvalue weighted by Crippen LogP contribution is -2.48. The molecule has 4 rings (SSSR count). The van der Waals surface area contributed by atoms with Crippen molar-refractivity contribution in [2.24, 2.45) is 0 Å². The third-order valence-corrected chi connectivity index (χ3v) is 5.73. The van der Waals surface area contributed by atoms with E-state index in [0.717, 1.165) is 48.1 Å².